The van der Waals surface area contributed by atoms with Crippen LogP contribution in [0.5, 0.6) is 0 Å². The van der Waals surface area contributed by atoms with Crippen molar-refractivity contribution in [2.75, 3.05) is 30.9 Å². The molecule has 0 bridgehead atoms. The van der Waals surface area contributed by atoms with Crippen molar-refractivity contribution >= 4 is 105 Å². The van der Waals surface area contributed by atoms with Crippen molar-refractivity contribution in [2.45, 2.75) is 41.2 Å². The van der Waals surface area contributed by atoms with Gasteiger partial charge in [0, 0.05) is 176 Å². The van der Waals surface area contributed by atoms with Crippen LogP contribution in [0.25, 0.3) is 223 Å². The number of aromatic nitrogens is 24. The summed E-state index contributed by atoms with van der Waals surface area (Å²) in [5.41, 5.74) is 32.4. The van der Waals surface area contributed by atoms with Crippen LogP contribution < -0.4 is 15.5 Å². The van der Waals surface area contributed by atoms with Gasteiger partial charge in [-0.25, -0.2) is 19.9 Å². The molecule has 0 saturated carbocycles. The predicted molar refractivity (Wildman–Crippen MR) is 504 cm³/mol. The molecule has 0 unspecified atom stereocenters. The first kappa shape index (κ1) is 80.3. The fraction of sp³-hybridized carbons (Fsp3) is 0.101. The molecule has 20 heterocycles. The van der Waals surface area contributed by atoms with E-state index >= 15 is 0 Å². The topological polar surface area (TPSA) is 429 Å². The smallest absolute Gasteiger partial charge is 0.229 e. The van der Waals surface area contributed by atoms with E-state index in [-0.39, 0.29) is 5.91 Å². The lowest BCUT2D eigenvalue weighted by molar-refractivity contribution is -0.123. The fourth-order valence-corrected chi connectivity index (χ4v) is 15.8. The second-order valence-corrected chi connectivity index (χ2v) is 32.6. The third-order valence-electron chi connectivity index (χ3n) is 22.7. The number of fused-ring (bicyclic) bond motifs is 8. The molecule has 32 nitrogen and oxygen atoms in total. The number of carbonyl (C=O) groups is 1. The van der Waals surface area contributed by atoms with Gasteiger partial charge in [0.2, 0.25) is 5.91 Å². The maximum atomic E-state index is 12.4. The number of H-pyrrole nitrogens is 8. The van der Waals surface area contributed by atoms with Crippen LogP contribution in [-0.4, -0.2) is 147 Å². The number of anilines is 2. The maximum Gasteiger partial charge on any atom is 0.229 e. The minimum absolute atomic E-state index is 0.0665. The van der Waals surface area contributed by atoms with E-state index in [1.165, 1.54) is 5.56 Å². The van der Waals surface area contributed by atoms with Crippen LogP contribution in [0.15, 0.2) is 288 Å². The Morgan fingerprint density at radius 1 is 0.359 bits per heavy atom. The van der Waals surface area contributed by atoms with Gasteiger partial charge in [-0.3, -0.25) is 65.1 Å². The number of rotatable bonds is 17. The summed E-state index contributed by atoms with van der Waals surface area (Å²) in [6.45, 7) is 11.5. The molecular formula is C99H79N27O5. The highest BCUT2D eigenvalue weighted by atomic mass is 16.3. The molecule has 20 aromatic heterocycles. The van der Waals surface area contributed by atoms with Crippen molar-refractivity contribution in [2.24, 2.45) is 5.41 Å². The fourth-order valence-electron chi connectivity index (χ4n) is 15.8. The molecule has 10 N–H and O–H groups in total. The SMILES string of the molecule is CC(C)(C)C(=O)Nc1cncc(-c2ccc3[nH]nc(-c4nc5c(-c6ccoc6)cncc5[nH]4)c3c2)c1.CCNCc1cncc(-c2ccc3[nH]nc(-c4nc5c(-c6ccoc6)cncc5[nH]4)c3c2)c1.CN(C)c1cncc(-c2ccc3[nH]nc(-c4nc5c(-c6ccoc6)cncc5[nH]4)c3c2)c1.Cc1ccncc1-c1ccc2[nH]nc(-c3nc4c(-c5ccoc5)cncc4[nH]3)c2c1. The maximum absolute atomic E-state index is 12.4. The monoisotopic (exact) mass is 1730 g/mol. The third-order valence-corrected chi connectivity index (χ3v) is 22.7. The number of hydrogen-bond donors (Lipinski definition) is 10. The molecule has 0 aliphatic rings. The average molecular weight is 1730 g/mol. The number of benzene rings is 4. The van der Waals surface area contributed by atoms with Gasteiger partial charge in [-0.2, -0.15) is 20.4 Å². The molecule has 0 aliphatic heterocycles. The van der Waals surface area contributed by atoms with Crippen LogP contribution in [0.3, 0.4) is 0 Å². The summed E-state index contributed by atoms with van der Waals surface area (Å²) in [6.07, 6.45) is 42.2. The van der Waals surface area contributed by atoms with Gasteiger partial charge in [-0.1, -0.05) is 52.0 Å². The molecule has 1 amide bonds. The van der Waals surface area contributed by atoms with Gasteiger partial charge in [-0.15, -0.1) is 0 Å². The summed E-state index contributed by atoms with van der Waals surface area (Å²) in [6, 6.07) is 40.5. The van der Waals surface area contributed by atoms with E-state index in [2.05, 4.69) is 174 Å². The number of carbonyl (C=O) groups excluding carboxylic acids is 1. The highest BCUT2D eigenvalue weighted by Gasteiger charge is 2.25. The van der Waals surface area contributed by atoms with Crippen molar-refractivity contribution < 1.29 is 22.5 Å². The number of pyridine rings is 8. The van der Waals surface area contributed by atoms with Gasteiger partial charge >= 0.3 is 0 Å². The Morgan fingerprint density at radius 3 is 1.09 bits per heavy atom. The molecule has 24 rings (SSSR count). The largest absolute Gasteiger partial charge is 0.472 e. The number of nitrogens with zero attached hydrogens (tertiary/aromatic N) is 17. The average Bonchev–Trinajstić information content (AvgIpc) is 1.63. The number of hydrogen-bond acceptors (Lipinski definition) is 23. The number of aryl methyl sites for hydroxylation is 1. The van der Waals surface area contributed by atoms with Gasteiger partial charge in [0.1, 0.15) is 44.8 Å². The zero-order chi connectivity index (χ0) is 88.8. The Balaban J connectivity index is 0.000000106. The first-order valence-corrected chi connectivity index (χ1v) is 42.0. The van der Waals surface area contributed by atoms with Crippen LogP contribution in [0, 0.1) is 12.3 Å². The lowest BCUT2D eigenvalue weighted by Gasteiger charge is -2.17. The second kappa shape index (κ2) is 33.9. The third kappa shape index (κ3) is 15.8. The van der Waals surface area contributed by atoms with E-state index in [0.29, 0.717) is 34.7 Å². The molecule has 0 radical (unpaired) electrons. The van der Waals surface area contributed by atoms with Gasteiger partial charge in [0.15, 0.2) is 23.3 Å². The first-order valence-electron chi connectivity index (χ1n) is 42.0. The van der Waals surface area contributed by atoms with Crippen LogP contribution in [0.2, 0.25) is 0 Å². The highest BCUT2D eigenvalue weighted by molar-refractivity contribution is 6.04. The zero-order valence-corrected chi connectivity index (χ0v) is 71.5. The molecule has 0 atom stereocenters. The summed E-state index contributed by atoms with van der Waals surface area (Å²) in [5.74, 6) is 2.62. The van der Waals surface area contributed by atoms with E-state index in [4.69, 9.17) is 37.6 Å². The van der Waals surface area contributed by atoms with Gasteiger partial charge in [0.25, 0.3) is 0 Å². The number of furan rings is 4. The van der Waals surface area contributed by atoms with Crippen molar-refractivity contribution in [1.29, 1.82) is 0 Å². The standard InChI is InChI=1S/C27H23N7O2.C25H21N7O.C24H19N7O.C23H16N6O/c1-27(2,3)26(35)30-18-8-17(10-28-11-18)15-4-5-21-19(9-15)24(34-33-21)25-31-22-13-29-12-20(23(22)32-25)16-6-7-36-14-16;1-2-26-9-15-7-18(11-27-10-15)16-3-4-21-19(8-16)24(32-31-21)25-29-22-13-28-12-20(23(22)30-25)17-5-6-33-14-17;1-31(2)17-7-16(9-25-10-17)14-3-4-20-18(8-14)23(30-29-20)24-27-21-12-26-11-19(22(21)28-24)15-5-6-32-13-15;1-13-4-6-24-9-17(13)14-2-3-19-16(8-14)22(29-28-19)23-26-20-11-25-10-18(21(20)27-23)15-5-7-30-12-15/h4-14H,1-3H3,(H,30,35)(H,31,32)(H,33,34);3-8,10-14,26H,2,9H2,1H3,(H,29,30)(H,31,32);3-13H,1-2H3,(H,27,28)(H,29,30);2-12H,1H3,(H,26,27)(H,28,29). The van der Waals surface area contributed by atoms with Crippen LogP contribution in [-0.2, 0) is 11.3 Å². The van der Waals surface area contributed by atoms with E-state index in [9.17, 15) is 4.79 Å². The normalized spacial score (nSPS) is 11.6. The van der Waals surface area contributed by atoms with Crippen molar-refractivity contribution in [3.8, 4) is 135 Å². The second-order valence-electron chi connectivity index (χ2n) is 32.6. The molecule has 0 aliphatic carbocycles. The number of aromatic amines is 8. The Labute approximate surface area is 743 Å². The minimum Gasteiger partial charge on any atom is -0.472 e. The molecular weight excluding hydrogens is 1650 g/mol. The lowest BCUT2D eigenvalue weighted by atomic mass is 9.95. The molecule has 640 valence electrons. The lowest BCUT2D eigenvalue weighted by Crippen LogP contribution is -2.27. The van der Waals surface area contributed by atoms with E-state index in [1.54, 1.807) is 118 Å². The Morgan fingerprint density at radius 2 is 0.718 bits per heavy atom. The summed E-state index contributed by atoms with van der Waals surface area (Å²) < 4.78 is 21.0. The molecule has 0 spiro atoms. The molecule has 0 saturated heterocycles. The quantitative estimate of drug-likeness (QED) is 0.0405. The summed E-state index contributed by atoms with van der Waals surface area (Å²) in [4.78, 5) is 82.2. The van der Waals surface area contributed by atoms with Crippen LogP contribution in [0.1, 0.15) is 38.8 Å². The first-order chi connectivity index (χ1) is 64.1. The van der Waals surface area contributed by atoms with Crippen molar-refractivity contribution in [1.82, 2.24) is 126 Å². The molecule has 32 heteroatoms. The van der Waals surface area contributed by atoms with E-state index in [1.807, 2.05) is 144 Å². The Bertz CT molecular complexity index is 8290. The molecule has 0 fully saturated rings. The zero-order valence-electron chi connectivity index (χ0n) is 71.5. The number of imidazole rings is 4. The van der Waals surface area contributed by atoms with Gasteiger partial charge in [-0.05, 0) is 144 Å². The van der Waals surface area contributed by atoms with Crippen LogP contribution >= 0.6 is 0 Å². The molecule has 131 heavy (non-hydrogen) atoms. The van der Waals surface area contributed by atoms with Gasteiger partial charge < -0.3 is 53.1 Å². The minimum atomic E-state index is -0.500. The van der Waals surface area contributed by atoms with Crippen molar-refractivity contribution in [3.05, 3.63) is 282 Å². The van der Waals surface area contributed by atoms with Crippen molar-refractivity contribution in [3.63, 3.8) is 0 Å². The highest BCUT2D eigenvalue weighted by Crippen LogP contribution is 2.41. The number of amides is 1. The molecule has 24 aromatic rings. The van der Waals surface area contributed by atoms with Gasteiger partial charge in [0.05, 0.1) is 143 Å². The van der Waals surface area contributed by atoms with E-state index in [0.717, 1.165) is 218 Å². The Kier molecular flexibility index (Phi) is 20.8. The predicted octanol–water partition coefficient (Wildman–Crippen LogP) is 20.8. The summed E-state index contributed by atoms with van der Waals surface area (Å²) >= 11 is 0. The molecule has 4 aromatic carbocycles. The number of nitrogens with one attached hydrogen (secondary N) is 10. The summed E-state index contributed by atoms with van der Waals surface area (Å²) in [5, 5.41) is 40.8. The van der Waals surface area contributed by atoms with Crippen LogP contribution in [0.4, 0.5) is 11.4 Å². The Hall–Kier alpha value is -17.8. The van der Waals surface area contributed by atoms with E-state index < -0.39 is 5.41 Å². The summed E-state index contributed by atoms with van der Waals surface area (Å²) in [7, 11) is 4.01.